The second-order valence-corrected chi connectivity index (χ2v) is 4.03. The summed E-state index contributed by atoms with van der Waals surface area (Å²) in [7, 11) is 0. The van der Waals surface area contributed by atoms with Crippen LogP contribution in [-0.2, 0) is 9.47 Å². The maximum atomic E-state index is 5.50. The van der Waals surface area contributed by atoms with Gasteiger partial charge in [-0.15, -0.1) is 0 Å². The number of ether oxygens (including phenoxy) is 2. The summed E-state index contributed by atoms with van der Waals surface area (Å²) in [5.41, 5.74) is 0.956. The monoisotopic (exact) mass is 223 g/mol. The molecule has 1 aliphatic rings. The second kappa shape index (κ2) is 4.76. The predicted molar refractivity (Wildman–Crippen MR) is 60.2 cm³/mol. The number of nitrogens with one attached hydrogen (secondary N) is 1. The number of aryl methyl sites for hydroxylation is 1. The van der Waals surface area contributed by atoms with Gasteiger partial charge in [0.25, 0.3) is 0 Å². The molecule has 5 nitrogen and oxygen atoms in total. The molecule has 0 aliphatic carbocycles. The lowest BCUT2D eigenvalue weighted by Gasteiger charge is -2.22. The summed E-state index contributed by atoms with van der Waals surface area (Å²) < 4.78 is 11.0. The maximum absolute atomic E-state index is 5.50. The van der Waals surface area contributed by atoms with Crippen molar-refractivity contribution in [1.82, 2.24) is 9.97 Å². The molecule has 1 N–H and O–H groups in total. The molecule has 1 aliphatic heterocycles. The van der Waals surface area contributed by atoms with E-state index >= 15 is 0 Å². The first-order chi connectivity index (χ1) is 7.68. The third kappa shape index (κ3) is 2.90. The van der Waals surface area contributed by atoms with Gasteiger partial charge in [0.1, 0.15) is 0 Å². The molecule has 2 rings (SSSR count). The third-order valence-corrected chi connectivity index (χ3v) is 2.56. The highest BCUT2D eigenvalue weighted by Crippen LogP contribution is 2.22. The summed E-state index contributed by atoms with van der Waals surface area (Å²) in [5.74, 6) is 0.207. The van der Waals surface area contributed by atoms with E-state index in [2.05, 4.69) is 15.3 Å². The van der Waals surface area contributed by atoms with Gasteiger partial charge in [0, 0.05) is 24.9 Å². The molecule has 1 fully saturated rings. The fourth-order valence-corrected chi connectivity index (χ4v) is 1.64. The van der Waals surface area contributed by atoms with Crippen LogP contribution in [0.2, 0.25) is 0 Å². The Morgan fingerprint density at radius 1 is 1.44 bits per heavy atom. The Morgan fingerprint density at radius 2 is 2.19 bits per heavy atom. The van der Waals surface area contributed by atoms with Crippen LogP contribution in [-0.4, -0.2) is 35.5 Å². The van der Waals surface area contributed by atoms with Crippen molar-refractivity contribution in [2.75, 3.05) is 25.1 Å². The van der Waals surface area contributed by atoms with Crippen LogP contribution in [0.4, 0.5) is 5.95 Å². The zero-order chi connectivity index (χ0) is 11.4. The normalized spacial score (nSPS) is 18.6. The third-order valence-electron chi connectivity index (χ3n) is 2.56. The minimum absolute atomic E-state index is 0.448. The number of rotatable bonds is 4. The minimum Gasteiger partial charge on any atom is -0.354 e. The standard InChI is InChI=1S/C11H17N3O2/c1-9-3-5-12-10(14-9)13-6-4-11(2)15-7-8-16-11/h3,5H,4,6-8H2,1-2H3,(H,12,13,14). The minimum atomic E-state index is -0.448. The lowest BCUT2D eigenvalue weighted by atomic mass is 10.2. The Morgan fingerprint density at radius 3 is 2.88 bits per heavy atom. The Labute approximate surface area is 95.2 Å². The van der Waals surface area contributed by atoms with E-state index in [1.165, 1.54) is 0 Å². The highest BCUT2D eigenvalue weighted by Gasteiger charge is 2.30. The van der Waals surface area contributed by atoms with Crippen LogP contribution in [0.5, 0.6) is 0 Å². The Bertz CT molecular complexity index is 351. The van der Waals surface area contributed by atoms with E-state index < -0.39 is 5.79 Å². The van der Waals surface area contributed by atoms with E-state index in [1.54, 1.807) is 6.20 Å². The molecule has 0 unspecified atom stereocenters. The van der Waals surface area contributed by atoms with Crippen molar-refractivity contribution in [3.63, 3.8) is 0 Å². The van der Waals surface area contributed by atoms with Crippen molar-refractivity contribution in [3.8, 4) is 0 Å². The van der Waals surface area contributed by atoms with Gasteiger partial charge in [-0.05, 0) is 19.9 Å². The number of nitrogens with zero attached hydrogens (tertiary/aromatic N) is 2. The van der Waals surface area contributed by atoms with Crippen LogP contribution >= 0.6 is 0 Å². The largest absolute Gasteiger partial charge is 0.354 e. The van der Waals surface area contributed by atoms with Crippen molar-refractivity contribution in [1.29, 1.82) is 0 Å². The molecule has 1 saturated heterocycles. The van der Waals surface area contributed by atoms with E-state index in [-0.39, 0.29) is 0 Å². The van der Waals surface area contributed by atoms with Gasteiger partial charge in [-0.2, -0.15) is 0 Å². The van der Waals surface area contributed by atoms with Gasteiger partial charge >= 0.3 is 0 Å². The first kappa shape index (κ1) is 11.3. The van der Waals surface area contributed by atoms with Crippen LogP contribution in [0.15, 0.2) is 12.3 Å². The average Bonchev–Trinajstić information content (AvgIpc) is 2.65. The molecule has 0 bridgehead atoms. The molecule has 0 spiro atoms. The van der Waals surface area contributed by atoms with Gasteiger partial charge < -0.3 is 14.8 Å². The average molecular weight is 223 g/mol. The molecule has 0 atom stereocenters. The van der Waals surface area contributed by atoms with E-state index in [1.807, 2.05) is 19.9 Å². The van der Waals surface area contributed by atoms with Crippen molar-refractivity contribution >= 4 is 5.95 Å². The van der Waals surface area contributed by atoms with Crippen molar-refractivity contribution in [2.45, 2.75) is 26.1 Å². The van der Waals surface area contributed by atoms with Gasteiger partial charge in [-0.25, -0.2) is 9.97 Å². The van der Waals surface area contributed by atoms with E-state index in [9.17, 15) is 0 Å². The molecule has 1 aromatic heterocycles. The van der Waals surface area contributed by atoms with Crippen LogP contribution in [0.1, 0.15) is 19.0 Å². The fraction of sp³-hybridized carbons (Fsp3) is 0.636. The summed E-state index contributed by atoms with van der Waals surface area (Å²) in [6, 6.07) is 1.87. The summed E-state index contributed by atoms with van der Waals surface area (Å²) in [6.07, 6.45) is 2.53. The summed E-state index contributed by atoms with van der Waals surface area (Å²) in [5, 5.41) is 3.16. The topological polar surface area (TPSA) is 56.3 Å². The lowest BCUT2D eigenvalue weighted by Crippen LogP contribution is -2.28. The Balaban J connectivity index is 1.79. The lowest BCUT2D eigenvalue weighted by molar-refractivity contribution is -0.144. The zero-order valence-electron chi connectivity index (χ0n) is 9.69. The second-order valence-electron chi connectivity index (χ2n) is 4.03. The number of hydrogen-bond donors (Lipinski definition) is 1. The van der Waals surface area contributed by atoms with Crippen LogP contribution in [0.25, 0.3) is 0 Å². The van der Waals surface area contributed by atoms with Gasteiger partial charge in [-0.1, -0.05) is 0 Å². The summed E-state index contributed by atoms with van der Waals surface area (Å²) in [4.78, 5) is 8.38. The number of hydrogen-bond acceptors (Lipinski definition) is 5. The van der Waals surface area contributed by atoms with Crippen molar-refractivity contribution in [3.05, 3.63) is 18.0 Å². The van der Waals surface area contributed by atoms with Crippen LogP contribution in [0, 0.1) is 6.92 Å². The summed E-state index contributed by atoms with van der Waals surface area (Å²) >= 11 is 0. The predicted octanol–water partition coefficient (Wildman–Crippen LogP) is 1.35. The summed E-state index contributed by atoms with van der Waals surface area (Å²) in [6.45, 7) is 5.99. The van der Waals surface area contributed by atoms with Crippen LogP contribution < -0.4 is 5.32 Å². The smallest absolute Gasteiger partial charge is 0.222 e. The van der Waals surface area contributed by atoms with Crippen molar-refractivity contribution < 1.29 is 9.47 Å². The van der Waals surface area contributed by atoms with Gasteiger partial charge in [-0.3, -0.25) is 0 Å². The highest BCUT2D eigenvalue weighted by molar-refractivity contribution is 5.24. The maximum Gasteiger partial charge on any atom is 0.222 e. The first-order valence-corrected chi connectivity index (χ1v) is 5.49. The quantitative estimate of drug-likeness (QED) is 0.835. The first-order valence-electron chi connectivity index (χ1n) is 5.49. The van der Waals surface area contributed by atoms with Gasteiger partial charge in [0.15, 0.2) is 5.79 Å². The highest BCUT2D eigenvalue weighted by atomic mass is 16.7. The molecule has 0 saturated carbocycles. The molecule has 0 radical (unpaired) electrons. The van der Waals surface area contributed by atoms with E-state index in [0.717, 1.165) is 18.7 Å². The molecule has 16 heavy (non-hydrogen) atoms. The van der Waals surface area contributed by atoms with Gasteiger partial charge in [0.05, 0.1) is 13.2 Å². The van der Waals surface area contributed by atoms with E-state index in [0.29, 0.717) is 19.2 Å². The van der Waals surface area contributed by atoms with Gasteiger partial charge in [0.2, 0.25) is 5.95 Å². The molecular weight excluding hydrogens is 206 g/mol. The van der Waals surface area contributed by atoms with E-state index in [4.69, 9.17) is 9.47 Å². The van der Waals surface area contributed by atoms with Crippen molar-refractivity contribution in [2.24, 2.45) is 0 Å². The number of aromatic nitrogens is 2. The molecule has 1 aromatic rings. The van der Waals surface area contributed by atoms with Crippen LogP contribution in [0.3, 0.4) is 0 Å². The zero-order valence-corrected chi connectivity index (χ0v) is 9.69. The molecule has 0 amide bonds. The molecule has 88 valence electrons. The Hall–Kier alpha value is -1.20. The molecule has 5 heteroatoms. The SMILES string of the molecule is Cc1ccnc(NCCC2(C)OCCO2)n1. The molecule has 0 aromatic carbocycles. The number of anilines is 1. The fourth-order valence-electron chi connectivity index (χ4n) is 1.64. The Kier molecular flexibility index (Phi) is 3.36. The molecule has 2 heterocycles. The molecular formula is C11H17N3O2.